The summed E-state index contributed by atoms with van der Waals surface area (Å²) in [6.07, 6.45) is -0.667. The van der Waals surface area contributed by atoms with Gasteiger partial charge in [-0.05, 0) is 42.8 Å². The molecule has 0 bridgehead atoms. The molecule has 0 fully saturated rings. The standard InChI is InChI=1S/C23H25F3N4O2/c1-3-4-7-14-32-17-12-10-16(11-13-17)28-22-27-15-18(23(24,25)26)21(30-22)29-19-8-5-6-9-20(19)31-2/h5-6,8-13,15H,3-4,7,14H2,1-2H3,(H2,27,28,29,30). The molecule has 1 heterocycles. The fourth-order valence-electron chi connectivity index (χ4n) is 2.93. The van der Waals surface area contributed by atoms with E-state index in [-0.39, 0.29) is 11.8 Å². The summed E-state index contributed by atoms with van der Waals surface area (Å²) in [6, 6.07) is 13.7. The molecule has 9 heteroatoms. The van der Waals surface area contributed by atoms with Crippen LogP contribution < -0.4 is 20.1 Å². The van der Waals surface area contributed by atoms with Crippen LogP contribution in [0.5, 0.6) is 11.5 Å². The molecule has 3 rings (SSSR count). The molecular weight excluding hydrogens is 421 g/mol. The Kier molecular flexibility index (Phi) is 7.75. The van der Waals surface area contributed by atoms with E-state index in [1.807, 2.05) is 0 Å². The van der Waals surface area contributed by atoms with E-state index in [4.69, 9.17) is 9.47 Å². The van der Waals surface area contributed by atoms with Gasteiger partial charge in [-0.2, -0.15) is 18.2 Å². The number of hydrogen-bond donors (Lipinski definition) is 2. The summed E-state index contributed by atoms with van der Waals surface area (Å²) >= 11 is 0. The number of aromatic nitrogens is 2. The molecule has 170 valence electrons. The molecule has 0 unspecified atom stereocenters. The van der Waals surface area contributed by atoms with Crippen LogP contribution >= 0.6 is 0 Å². The van der Waals surface area contributed by atoms with E-state index < -0.39 is 11.7 Å². The van der Waals surface area contributed by atoms with Crippen molar-refractivity contribution in [3.8, 4) is 11.5 Å². The number of nitrogens with one attached hydrogen (secondary N) is 2. The molecule has 0 amide bonds. The van der Waals surface area contributed by atoms with Gasteiger partial charge in [-0.3, -0.25) is 0 Å². The molecule has 0 saturated heterocycles. The van der Waals surface area contributed by atoms with Crippen LogP contribution in [0.3, 0.4) is 0 Å². The third kappa shape index (κ3) is 6.26. The smallest absolute Gasteiger partial charge is 0.421 e. The number of para-hydroxylation sites is 2. The number of methoxy groups -OCH3 is 1. The largest absolute Gasteiger partial charge is 0.495 e. The van der Waals surface area contributed by atoms with E-state index in [2.05, 4.69) is 27.5 Å². The van der Waals surface area contributed by atoms with Crippen molar-refractivity contribution in [1.29, 1.82) is 0 Å². The molecule has 2 N–H and O–H groups in total. The van der Waals surface area contributed by atoms with E-state index in [9.17, 15) is 13.2 Å². The van der Waals surface area contributed by atoms with Crippen LogP contribution in [0.4, 0.5) is 36.3 Å². The Balaban J connectivity index is 1.78. The Labute approximate surface area is 184 Å². The highest BCUT2D eigenvalue weighted by molar-refractivity contribution is 5.67. The van der Waals surface area contributed by atoms with E-state index >= 15 is 0 Å². The number of hydrogen-bond acceptors (Lipinski definition) is 6. The fourth-order valence-corrected chi connectivity index (χ4v) is 2.93. The highest BCUT2D eigenvalue weighted by atomic mass is 19.4. The predicted molar refractivity (Wildman–Crippen MR) is 118 cm³/mol. The number of unbranched alkanes of at least 4 members (excludes halogenated alkanes) is 2. The van der Waals surface area contributed by atoms with Crippen molar-refractivity contribution in [3.63, 3.8) is 0 Å². The first-order valence-corrected chi connectivity index (χ1v) is 10.2. The van der Waals surface area contributed by atoms with Crippen molar-refractivity contribution >= 4 is 23.1 Å². The Morgan fingerprint density at radius 3 is 2.41 bits per heavy atom. The number of halogens is 3. The lowest BCUT2D eigenvalue weighted by molar-refractivity contribution is -0.137. The predicted octanol–water partition coefficient (Wildman–Crippen LogP) is 6.56. The molecule has 0 aliphatic heterocycles. The van der Waals surface area contributed by atoms with Crippen LogP contribution in [0.1, 0.15) is 31.7 Å². The van der Waals surface area contributed by atoms with Crippen LogP contribution in [0, 0.1) is 0 Å². The average Bonchev–Trinajstić information content (AvgIpc) is 2.77. The molecule has 6 nitrogen and oxygen atoms in total. The average molecular weight is 446 g/mol. The van der Waals surface area contributed by atoms with E-state index in [1.165, 1.54) is 7.11 Å². The van der Waals surface area contributed by atoms with E-state index in [0.29, 0.717) is 23.7 Å². The maximum absolute atomic E-state index is 13.5. The number of alkyl halides is 3. The van der Waals surface area contributed by atoms with Crippen molar-refractivity contribution in [2.24, 2.45) is 0 Å². The second kappa shape index (κ2) is 10.7. The minimum absolute atomic E-state index is 0.0204. The summed E-state index contributed by atoms with van der Waals surface area (Å²) in [6.45, 7) is 2.77. The van der Waals surface area contributed by atoms with Crippen molar-refractivity contribution in [2.75, 3.05) is 24.4 Å². The minimum Gasteiger partial charge on any atom is -0.495 e. The van der Waals surface area contributed by atoms with Crippen LogP contribution in [0.25, 0.3) is 0 Å². The second-order valence-corrected chi connectivity index (χ2v) is 6.98. The van der Waals surface area contributed by atoms with Gasteiger partial charge in [0.05, 0.1) is 19.4 Å². The number of anilines is 4. The van der Waals surface area contributed by atoms with Crippen molar-refractivity contribution in [2.45, 2.75) is 32.4 Å². The van der Waals surface area contributed by atoms with Crippen LogP contribution in [0.2, 0.25) is 0 Å². The summed E-state index contributed by atoms with van der Waals surface area (Å²) in [7, 11) is 1.44. The van der Waals surface area contributed by atoms with Gasteiger partial charge in [-0.1, -0.05) is 31.9 Å². The quantitative estimate of drug-likeness (QED) is 0.344. The Morgan fingerprint density at radius 1 is 0.969 bits per heavy atom. The monoisotopic (exact) mass is 446 g/mol. The molecular formula is C23H25F3N4O2. The Bertz CT molecular complexity index is 1010. The molecule has 32 heavy (non-hydrogen) atoms. The molecule has 2 aromatic carbocycles. The lowest BCUT2D eigenvalue weighted by Crippen LogP contribution is -2.13. The number of rotatable bonds is 10. The van der Waals surface area contributed by atoms with Gasteiger partial charge in [0.2, 0.25) is 5.95 Å². The fraction of sp³-hybridized carbons (Fsp3) is 0.304. The van der Waals surface area contributed by atoms with Gasteiger partial charge < -0.3 is 20.1 Å². The summed E-state index contributed by atoms with van der Waals surface area (Å²) < 4.78 is 51.4. The molecule has 0 atom stereocenters. The van der Waals surface area contributed by atoms with Gasteiger partial charge in [0.25, 0.3) is 0 Å². The number of benzene rings is 2. The first-order chi connectivity index (χ1) is 15.4. The highest BCUT2D eigenvalue weighted by Crippen LogP contribution is 2.37. The third-order valence-electron chi connectivity index (χ3n) is 4.58. The lowest BCUT2D eigenvalue weighted by Gasteiger charge is -2.16. The first kappa shape index (κ1) is 23.2. The molecule has 0 aliphatic rings. The van der Waals surface area contributed by atoms with Crippen molar-refractivity contribution in [3.05, 3.63) is 60.3 Å². The van der Waals surface area contributed by atoms with E-state index in [1.54, 1.807) is 48.5 Å². The maximum Gasteiger partial charge on any atom is 0.421 e. The Morgan fingerprint density at radius 2 is 1.72 bits per heavy atom. The summed E-state index contributed by atoms with van der Waals surface area (Å²) in [4.78, 5) is 7.89. The summed E-state index contributed by atoms with van der Waals surface area (Å²) in [5, 5.41) is 5.64. The van der Waals surface area contributed by atoms with Crippen LogP contribution in [-0.2, 0) is 6.18 Å². The molecule has 0 saturated carbocycles. The normalized spacial score (nSPS) is 11.2. The SMILES string of the molecule is CCCCCOc1ccc(Nc2ncc(C(F)(F)F)c(Nc3ccccc3OC)n2)cc1. The topological polar surface area (TPSA) is 68.3 Å². The Hall–Kier alpha value is -3.49. The van der Waals surface area contributed by atoms with Crippen LogP contribution in [-0.4, -0.2) is 23.7 Å². The number of nitrogens with zero attached hydrogens (tertiary/aromatic N) is 2. The molecule has 0 radical (unpaired) electrons. The van der Waals surface area contributed by atoms with Gasteiger partial charge in [0, 0.05) is 11.9 Å². The van der Waals surface area contributed by atoms with Gasteiger partial charge in [0.1, 0.15) is 22.9 Å². The minimum atomic E-state index is -4.63. The molecule has 0 aliphatic carbocycles. The van der Waals surface area contributed by atoms with Gasteiger partial charge in [-0.25, -0.2) is 4.98 Å². The van der Waals surface area contributed by atoms with Crippen molar-refractivity contribution in [1.82, 2.24) is 9.97 Å². The maximum atomic E-state index is 13.5. The zero-order chi connectivity index (χ0) is 23.0. The van der Waals surface area contributed by atoms with Gasteiger partial charge in [-0.15, -0.1) is 0 Å². The van der Waals surface area contributed by atoms with Gasteiger partial charge in [0.15, 0.2) is 0 Å². The van der Waals surface area contributed by atoms with Crippen LogP contribution in [0.15, 0.2) is 54.7 Å². The third-order valence-corrected chi connectivity index (χ3v) is 4.58. The van der Waals surface area contributed by atoms with Gasteiger partial charge >= 0.3 is 6.18 Å². The number of ether oxygens (including phenoxy) is 2. The molecule has 3 aromatic rings. The summed E-state index contributed by atoms with van der Waals surface area (Å²) in [5.74, 6) is 0.754. The zero-order valence-corrected chi connectivity index (χ0v) is 17.9. The second-order valence-electron chi connectivity index (χ2n) is 6.98. The molecule has 1 aromatic heterocycles. The first-order valence-electron chi connectivity index (χ1n) is 10.2. The van der Waals surface area contributed by atoms with Crippen molar-refractivity contribution < 1.29 is 22.6 Å². The summed E-state index contributed by atoms with van der Waals surface area (Å²) in [5.41, 5.74) is -0.00610. The highest BCUT2D eigenvalue weighted by Gasteiger charge is 2.35. The lowest BCUT2D eigenvalue weighted by atomic mass is 10.2. The molecule has 0 spiro atoms. The van der Waals surface area contributed by atoms with E-state index in [0.717, 1.165) is 31.2 Å². The zero-order valence-electron chi connectivity index (χ0n) is 17.9.